The van der Waals surface area contributed by atoms with E-state index in [-0.39, 0.29) is 5.11 Å². The molecule has 9 heteroatoms. The van der Waals surface area contributed by atoms with Crippen LogP contribution in [0.1, 0.15) is 10.4 Å². The highest BCUT2D eigenvalue weighted by atomic mass is 32.1. The molecule has 1 saturated heterocycles. The van der Waals surface area contributed by atoms with Crippen molar-refractivity contribution in [3.8, 4) is 5.75 Å². The number of nitrogens with one attached hydrogen (secondary N) is 2. The van der Waals surface area contributed by atoms with Crippen molar-refractivity contribution in [2.45, 2.75) is 0 Å². The summed E-state index contributed by atoms with van der Waals surface area (Å²) < 4.78 is 5.06. The maximum absolute atomic E-state index is 12.7. The van der Waals surface area contributed by atoms with Gasteiger partial charge in [-0.25, -0.2) is 5.43 Å². The lowest BCUT2D eigenvalue weighted by Crippen LogP contribution is -2.58. The molecule has 1 heterocycles. The Labute approximate surface area is 166 Å². The second kappa shape index (κ2) is 8.40. The molecule has 8 nitrogen and oxygen atoms in total. The van der Waals surface area contributed by atoms with Crippen molar-refractivity contribution >= 4 is 47.0 Å². The lowest BCUT2D eigenvalue weighted by atomic mass is 10.1. The number of carbonyl (C=O) groups is 3. The van der Waals surface area contributed by atoms with Crippen molar-refractivity contribution in [3.63, 3.8) is 0 Å². The summed E-state index contributed by atoms with van der Waals surface area (Å²) in [7, 11) is 1.49. The third kappa shape index (κ3) is 4.04. The van der Waals surface area contributed by atoms with E-state index >= 15 is 0 Å². The SMILES string of the molecule is COc1cccc(C(=O)NN=CC2C(=O)NC(=S)N(c3ccccc3)C2=O)c1. The normalized spacial score (nSPS) is 16.8. The van der Waals surface area contributed by atoms with Crippen LogP contribution in [0.15, 0.2) is 59.7 Å². The lowest BCUT2D eigenvalue weighted by Gasteiger charge is -2.30. The molecule has 0 radical (unpaired) electrons. The number of hydrogen-bond acceptors (Lipinski definition) is 6. The number of para-hydroxylation sites is 1. The van der Waals surface area contributed by atoms with E-state index < -0.39 is 23.6 Å². The van der Waals surface area contributed by atoms with Crippen molar-refractivity contribution in [1.82, 2.24) is 10.7 Å². The number of amides is 3. The summed E-state index contributed by atoms with van der Waals surface area (Å²) in [4.78, 5) is 38.3. The first-order valence-corrected chi connectivity index (χ1v) is 8.63. The molecule has 0 spiro atoms. The molecule has 0 aromatic heterocycles. The summed E-state index contributed by atoms with van der Waals surface area (Å²) in [5, 5.41) is 6.23. The van der Waals surface area contributed by atoms with Gasteiger partial charge in [0.1, 0.15) is 5.75 Å². The third-order valence-corrected chi connectivity index (χ3v) is 4.22. The molecule has 2 N–H and O–H groups in total. The maximum Gasteiger partial charge on any atom is 0.271 e. The quantitative estimate of drug-likeness (QED) is 0.345. The second-order valence-corrected chi connectivity index (χ2v) is 6.12. The fourth-order valence-corrected chi connectivity index (χ4v) is 2.84. The zero-order valence-electron chi connectivity index (χ0n) is 14.8. The van der Waals surface area contributed by atoms with Gasteiger partial charge in [0.25, 0.3) is 11.8 Å². The number of methoxy groups -OCH3 is 1. The molecular weight excluding hydrogens is 380 g/mol. The number of hydrogen-bond donors (Lipinski definition) is 2. The van der Waals surface area contributed by atoms with Crippen LogP contribution in [0.2, 0.25) is 0 Å². The zero-order chi connectivity index (χ0) is 20.1. The van der Waals surface area contributed by atoms with E-state index in [4.69, 9.17) is 17.0 Å². The number of anilines is 1. The molecule has 1 aliphatic rings. The van der Waals surface area contributed by atoms with Gasteiger partial charge in [0.2, 0.25) is 5.91 Å². The Balaban J connectivity index is 1.73. The maximum atomic E-state index is 12.7. The topological polar surface area (TPSA) is 100 Å². The van der Waals surface area contributed by atoms with Crippen LogP contribution < -0.4 is 20.4 Å². The van der Waals surface area contributed by atoms with Crippen LogP contribution in [0, 0.1) is 5.92 Å². The monoisotopic (exact) mass is 396 g/mol. The molecule has 0 bridgehead atoms. The van der Waals surface area contributed by atoms with Crippen LogP contribution in [0.4, 0.5) is 5.69 Å². The molecule has 2 aromatic carbocycles. The Bertz CT molecular complexity index is 961. The van der Waals surface area contributed by atoms with Gasteiger partial charge in [-0.2, -0.15) is 5.10 Å². The summed E-state index contributed by atoms with van der Waals surface area (Å²) in [6.07, 6.45) is 1.08. The smallest absolute Gasteiger partial charge is 0.271 e. The van der Waals surface area contributed by atoms with E-state index in [2.05, 4.69) is 15.8 Å². The van der Waals surface area contributed by atoms with Crippen LogP contribution >= 0.6 is 12.2 Å². The Kier molecular flexibility index (Phi) is 5.75. The van der Waals surface area contributed by atoms with Gasteiger partial charge in [0.05, 0.1) is 12.8 Å². The Morgan fingerprint density at radius 2 is 1.96 bits per heavy atom. The van der Waals surface area contributed by atoms with Gasteiger partial charge in [-0.15, -0.1) is 0 Å². The molecule has 142 valence electrons. The van der Waals surface area contributed by atoms with Crippen LogP contribution in [0.25, 0.3) is 0 Å². The molecule has 0 aliphatic carbocycles. The number of hydrazone groups is 1. The highest BCUT2D eigenvalue weighted by Gasteiger charge is 2.38. The number of nitrogens with zero attached hydrogens (tertiary/aromatic N) is 2. The van der Waals surface area contributed by atoms with E-state index in [1.54, 1.807) is 54.6 Å². The molecule has 1 aliphatic heterocycles. The summed E-state index contributed by atoms with van der Waals surface area (Å²) in [5.41, 5.74) is 3.14. The molecule has 1 fully saturated rings. The Hall–Kier alpha value is -3.59. The van der Waals surface area contributed by atoms with E-state index in [1.165, 1.54) is 12.0 Å². The van der Waals surface area contributed by atoms with Gasteiger partial charge in [0.15, 0.2) is 11.0 Å². The summed E-state index contributed by atoms with van der Waals surface area (Å²) >= 11 is 5.10. The minimum atomic E-state index is -1.22. The number of carbonyl (C=O) groups excluding carboxylic acids is 3. The average molecular weight is 396 g/mol. The standard InChI is InChI=1S/C19H16N4O4S/c1-27-14-9-5-6-12(10-14)16(24)22-20-11-15-17(25)21-19(28)23(18(15)26)13-7-3-2-4-8-13/h2-11,15H,1H3,(H,22,24)(H,21,25,28). The Morgan fingerprint density at radius 3 is 2.68 bits per heavy atom. The summed E-state index contributed by atoms with van der Waals surface area (Å²) in [6, 6.07) is 15.2. The van der Waals surface area contributed by atoms with E-state index in [9.17, 15) is 14.4 Å². The summed E-state index contributed by atoms with van der Waals surface area (Å²) in [5.74, 6) is -2.38. The third-order valence-electron chi connectivity index (χ3n) is 3.94. The van der Waals surface area contributed by atoms with E-state index in [0.29, 0.717) is 17.0 Å². The fourth-order valence-electron chi connectivity index (χ4n) is 2.54. The van der Waals surface area contributed by atoms with Crippen molar-refractivity contribution < 1.29 is 19.1 Å². The molecule has 2 aromatic rings. The van der Waals surface area contributed by atoms with Crippen molar-refractivity contribution in [2.24, 2.45) is 11.0 Å². The van der Waals surface area contributed by atoms with Gasteiger partial charge in [0, 0.05) is 11.8 Å². The molecule has 28 heavy (non-hydrogen) atoms. The number of rotatable bonds is 5. The van der Waals surface area contributed by atoms with Gasteiger partial charge in [-0.05, 0) is 42.5 Å². The van der Waals surface area contributed by atoms with Crippen LogP contribution in [-0.2, 0) is 9.59 Å². The van der Waals surface area contributed by atoms with Crippen LogP contribution in [0.3, 0.4) is 0 Å². The predicted molar refractivity (Wildman–Crippen MR) is 107 cm³/mol. The highest BCUT2D eigenvalue weighted by Crippen LogP contribution is 2.19. The minimum absolute atomic E-state index is 0.00809. The van der Waals surface area contributed by atoms with Gasteiger partial charge in [-0.1, -0.05) is 24.3 Å². The van der Waals surface area contributed by atoms with Crippen molar-refractivity contribution in [2.75, 3.05) is 12.0 Å². The van der Waals surface area contributed by atoms with Crippen LogP contribution in [0.5, 0.6) is 5.75 Å². The molecule has 1 unspecified atom stereocenters. The number of thiocarbonyl (C=S) groups is 1. The largest absolute Gasteiger partial charge is 0.497 e. The fraction of sp³-hybridized carbons (Fsp3) is 0.105. The molecule has 3 amide bonds. The van der Waals surface area contributed by atoms with Gasteiger partial charge in [-0.3, -0.25) is 19.3 Å². The number of ether oxygens (including phenoxy) is 1. The van der Waals surface area contributed by atoms with E-state index in [1.807, 2.05) is 0 Å². The summed E-state index contributed by atoms with van der Waals surface area (Å²) in [6.45, 7) is 0. The predicted octanol–water partition coefficient (Wildman–Crippen LogP) is 1.47. The van der Waals surface area contributed by atoms with E-state index in [0.717, 1.165) is 6.21 Å². The first-order valence-electron chi connectivity index (χ1n) is 8.22. The van der Waals surface area contributed by atoms with Gasteiger partial charge < -0.3 is 10.1 Å². The molecular formula is C19H16N4O4S. The first kappa shape index (κ1) is 19.2. The first-order chi connectivity index (χ1) is 13.5. The second-order valence-electron chi connectivity index (χ2n) is 5.73. The van der Waals surface area contributed by atoms with Crippen molar-refractivity contribution in [1.29, 1.82) is 0 Å². The average Bonchev–Trinajstić information content (AvgIpc) is 2.71. The van der Waals surface area contributed by atoms with Crippen LogP contribution in [-0.4, -0.2) is 36.2 Å². The molecule has 0 saturated carbocycles. The highest BCUT2D eigenvalue weighted by molar-refractivity contribution is 7.80. The zero-order valence-corrected chi connectivity index (χ0v) is 15.6. The number of benzene rings is 2. The van der Waals surface area contributed by atoms with Gasteiger partial charge >= 0.3 is 0 Å². The Morgan fingerprint density at radius 1 is 1.21 bits per heavy atom. The minimum Gasteiger partial charge on any atom is -0.497 e. The molecule has 1 atom stereocenters. The molecule has 3 rings (SSSR count). The lowest BCUT2D eigenvalue weighted by molar-refractivity contribution is -0.130. The van der Waals surface area contributed by atoms with Crippen molar-refractivity contribution in [3.05, 3.63) is 60.2 Å².